The summed E-state index contributed by atoms with van der Waals surface area (Å²) in [7, 11) is 0. The summed E-state index contributed by atoms with van der Waals surface area (Å²) in [5, 5.41) is 13.1. The number of hydrogen-bond acceptors (Lipinski definition) is 7. The number of thioether (sulfide) groups is 1. The lowest BCUT2D eigenvalue weighted by Crippen LogP contribution is -2.57. The highest BCUT2D eigenvalue weighted by Crippen LogP contribution is 2.58. The van der Waals surface area contributed by atoms with Gasteiger partial charge in [0.25, 0.3) is 0 Å². The Hall–Kier alpha value is -1.61. The van der Waals surface area contributed by atoms with Crippen molar-refractivity contribution < 1.29 is 19.4 Å². The number of aliphatic carboxylic acids is 1. The van der Waals surface area contributed by atoms with Gasteiger partial charge >= 0.3 is 11.9 Å². The number of nitrogens with zero attached hydrogens (tertiary/aromatic N) is 1. The van der Waals surface area contributed by atoms with Gasteiger partial charge in [0.05, 0.1) is 11.3 Å². The van der Waals surface area contributed by atoms with Crippen LogP contribution in [0.4, 0.5) is 0 Å². The molecule has 166 valence electrons. The fraction of sp³-hybridized carbons (Fsp3) is 0.636. The highest BCUT2D eigenvalue weighted by atomic mass is 32.2. The van der Waals surface area contributed by atoms with Gasteiger partial charge in [-0.1, -0.05) is 51.1 Å². The number of carboxylic acids is 1. The maximum atomic E-state index is 13.3. The predicted octanol–water partition coefficient (Wildman–Crippen LogP) is 2.40. The van der Waals surface area contributed by atoms with Gasteiger partial charge in [-0.2, -0.15) is 0 Å². The third-order valence-corrected chi connectivity index (χ3v) is 8.59. The molecule has 8 heteroatoms. The molecule has 2 fully saturated rings. The quantitative estimate of drug-likeness (QED) is 0.585. The molecular weight excluding hydrogens is 402 g/mol. The maximum Gasteiger partial charge on any atom is 0.324 e. The van der Waals surface area contributed by atoms with E-state index in [9.17, 15) is 14.7 Å². The molecular formula is C22H33N3O4S. The molecule has 1 aromatic carbocycles. The van der Waals surface area contributed by atoms with E-state index in [2.05, 4.69) is 10.2 Å². The van der Waals surface area contributed by atoms with Crippen LogP contribution in [-0.4, -0.2) is 57.4 Å². The molecule has 3 rings (SSSR count). The zero-order valence-corrected chi connectivity index (χ0v) is 18.8. The van der Waals surface area contributed by atoms with E-state index in [0.29, 0.717) is 6.67 Å². The van der Waals surface area contributed by atoms with Crippen molar-refractivity contribution in [2.45, 2.75) is 62.3 Å². The SMILES string of the molecule is CC(C)(C)C1(CC(=O)O)NC(C(=O)OCc2ccccc2)C2(CCN(CN)CC2)S1. The average Bonchev–Trinajstić information content (AvgIpc) is 3.02. The van der Waals surface area contributed by atoms with Gasteiger partial charge in [-0.3, -0.25) is 19.8 Å². The summed E-state index contributed by atoms with van der Waals surface area (Å²) in [5.41, 5.74) is 6.37. The third-order valence-electron chi connectivity index (χ3n) is 6.31. The Balaban J connectivity index is 1.87. The van der Waals surface area contributed by atoms with E-state index >= 15 is 0 Å². The van der Waals surface area contributed by atoms with Crippen LogP contribution in [0.25, 0.3) is 0 Å². The van der Waals surface area contributed by atoms with Crippen molar-refractivity contribution in [2.24, 2.45) is 11.1 Å². The standard InChI is InChI=1S/C22H33N3O4S/c1-20(2,3)22(13-17(26)27)24-18(19(28)29-14-16-7-5-4-6-8-16)21(30-22)9-11-25(15-23)12-10-21/h4-8,18,24H,9-15,23H2,1-3H3,(H,26,27). The number of likely N-dealkylation sites (tertiary alicyclic amines) is 1. The molecule has 2 heterocycles. The monoisotopic (exact) mass is 435 g/mol. The molecule has 2 atom stereocenters. The van der Waals surface area contributed by atoms with Gasteiger partial charge in [-0.25, -0.2) is 0 Å². The van der Waals surface area contributed by atoms with Gasteiger partial charge in [0.2, 0.25) is 0 Å². The molecule has 7 nitrogen and oxygen atoms in total. The fourth-order valence-electron chi connectivity index (χ4n) is 4.33. The van der Waals surface area contributed by atoms with Gasteiger partial charge in [0.1, 0.15) is 12.6 Å². The summed E-state index contributed by atoms with van der Waals surface area (Å²) in [5.74, 6) is -1.19. The minimum atomic E-state index is -0.877. The van der Waals surface area contributed by atoms with E-state index < -0.39 is 21.6 Å². The number of benzene rings is 1. The smallest absolute Gasteiger partial charge is 0.324 e. The highest BCUT2D eigenvalue weighted by molar-refractivity contribution is 8.02. The molecule has 0 aromatic heterocycles. The molecule has 0 bridgehead atoms. The first kappa shape index (κ1) is 23.1. The van der Waals surface area contributed by atoms with Crippen molar-refractivity contribution in [2.75, 3.05) is 19.8 Å². The van der Waals surface area contributed by atoms with Gasteiger partial charge in [0, 0.05) is 24.5 Å². The lowest BCUT2D eigenvalue weighted by Gasteiger charge is -2.43. The first-order chi connectivity index (χ1) is 14.1. The Kier molecular flexibility index (Phi) is 6.81. The van der Waals surface area contributed by atoms with Crippen LogP contribution in [0.3, 0.4) is 0 Å². The first-order valence-electron chi connectivity index (χ1n) is 10.4. The van der Waals surface area contributed by atoms with Gasteiger partial charge in [-0.05, 0) is 23.8 Å². The summed E-state index contributed by atoms with van der Waals surface area (Å²) in [6.45, 7) is 8.32. The molecule has 0 radical (unpaired) electrons. The number of rotatable bonds is 6. The Morgan fingerprint density at radius 2 is 1.90 bits per heavy atom. The summed E-state index contributed by atoms with van der Waals surface area (Å²) in [6, 6.07) is 9.02. The van der Waals surface area contributed by atoms with Gasteiger partial charge in [-0.15, -0.1) is 11.8 Å². The van der Waals surface area contributed by atoms with Crippen molar-refractivity contribution in [3.63, 3.8) is 0 Å². The van der Waals surface area contributed by atoms with Crippen LogP contribution >= 0.6 is 11.8 Å². The lowest BCUT2D eigenvalue weighted by molar-refractivity contribution is -0.150. The van der Waals surface area contributed by atoms with E-state index in [1.165, 1.54) is 0 Å². The molecule has 0 saturated carbocycles. The molecule has 2 aliphatic rings. The molecule has 4 N–H and O–H groups in total. The number of carbonyl (C=O) groups is 2. The molecule has 1 aromatic rings. The van der Waals surface area contributed by atoms with E-state index in [1.54, 1.807) is 11.8 Å². The van der Waals surface area contributed by atoms with Crippen LogP contribution in [0, 0.1) is 5.41 Å². The zero-order valence-electron chi connectivity index (χ0n) is 18.0. The van der Waals surface area contributed by atoms with Crippen LogP contribution in [0.15, 0.2) is 30.3 Å². The normalized spacial score (nSPS) is 26.6. The number of carbonyl (C=O) groups excluding carboxylic acids is 1. The molecule has 2 aliphatic heterocycles. The van der Waals surface area contributed by atoms with Crippen molar-refractivity contribution in [3.05, 3.63) is 35.9 Å². The van der Waals surface area contributed by atoms with Crippen LogP contribution in [0.2, 0.25) is 0 Å². The van der Waals surface area contributed by atoms with Crippen LogP contribution in [0.1, 0.15) is 45.6 Å². The predicted molar refractivity (Wildman–Crippen MR) is 118 cm³/mol. The lowest BCUT2D eigenvalue weighted by atomic mass is 9.82. The third kappa shape index (κ3) is 4.66. The average molecular weight is 436 g/mol. The van der Waals surface area contributed by atoms with Crippen LogP contribution in [0.5, 0.6) is 0 Å². The Labute approximate surface area is 182 Å². The van der Waals surface area contributed by atoms with Gasteiger partial charge < -0.3 is 15.6 Å². The Bertz CT molecular complexity index is 759. The van der Waals surface area contributed by atoms with Gasteiger partial charge in [0.15, 0.2) is 0 Å². The fourth-order valence-corrected chi connectivity index (χ4v) is 6.36. The molecule has 0 aliphatic carbocycles. The van der Waals surface area contributed by atoms with E-state index in [-0.39, 0.29) is 24.4 Å². The molecule has 2 saturated heterocycles. The molecule has 30 heavy (non-hydrogen) atoms. The number of nitrogens with two attached hydrogens (primary N) is 1. The van der Waals surface area contributed by atoms with Crippen molar-refractivity contribution >= 4 is 23.7 Å². The number of hydrogen-bond donors (Lipinski definition) is 3. The zero-order chi connectivity index (χ0) is 22.0. The number of esters is 1. The first-order valence-corrected chi connectivity index (χ1v) is 11.3. The second kappa shape index (κ2) is 8.86. The van der Waals surface area contributed by atoms with E-state index in [4.69, 9.17) is 10.5 Å². The van der Waals surface area contributed by atoms with Crippen molar-refractivity contribution in [1.29, 1.82) is 0 Å². The number of nitrogens with one attached hydrogen (secondary N) is 1. The summed E-state index contributed by atoms with van der Waals surface area (Å²) >= 11 is 1.63. The summed E-state index contributed by atoms with van der Waals surface area (Å²) in [4.78, 5) is 26.4. The Morgan fingerprint density at radius 3 is 2.43 bits per heavy atom. The van der Waals surface area contributed by atoms with Crippen molar-refractivity contribution in [3.8, 4) is 0 Å². The maximum absolute atomic E-state index is 13.3. The Morgan fingerprint density at radius 1 is 1.27 bits per heavy atom. The summed E-state index contributed by atoms with van der Waals surface area (Å²) < 4.78 is 5.29. The summed E-state index contributed by atoms with van der Waals surface area (Å²) in [6.07, 6.45) is 1.45. The van der Waals surface area contributed by atoms with E-state index in [1.807, 2.05) is 51.1 Å². The topological polar surface area (TPSA) is 105 Å². The molecule has 1 spiro atoms. The number of piperidine rings is 1. The number of ether oxygens (including phenoxy) is 1. The highest BCUT2D eigenvalue weighted by Gasteiger charge is 2.62. The second-order valence-corrected chi connectivity index (χ2v) is 11.0. The minimum Gasteiger partial charge on any atom is -0.481 e. The number of carboxylic acid groups (broad SMARTS) is 1. The van der Waals surface area contributed by atoms with Crippen LogP contribution < -0.4 is 11.1 Å². The molecule has 2 unspecified atom stereocenters. The van der Waals surface area contributed by atoms with E-state index in [0.717, 1.165) is 31.5 Å². The minimum absolute atomic E-state index is 0.0635. The van der Waals surface area contributed by atoms with Crippen LogP contribution in [-0.2, 0) is 20.9 Å². The molecule has 0 amide bonds. The van der Waals surface area contributed by atoms with Crippen molar-refractivity contribution in [1.82, 2.24) is 10.2 Å². The second-order valence-electron chi connectivity index (χ2n) is 9.29. The largest absolute Gasteiger partial charge is 0.481 e.